The summed E-state index contributed by atoms with van der Waals surface area (Å²) in [7, 11) is 0. The monoisotopic (exact) mass is 418 g/mol. The number of aryl methyl sites for hydroxylation is 1. The first-order valence-electron chi connectivity index (χ1n) is 9.81. The van der Waals surface area contributed by atoms with Crippen molar-refractivity contribution in [3.63, 3.8) is 0 Å². The van der Waals surface area contributed by atoms with Crippen LogP contribution in [0.25, 0.3) is 5.78 Å². The Bertz CT molecular complexity index is 1060. The average Bonchev–Trinajstić information content (AvgIpc) is 3.41. The zero-order chi connectivity index (χ0) is 21.3. The number of hydrogen-bond acceptors (Lipinski definition) is 6. The van der Waals surface area contributed by atoms with Gasteiger partial charge in [-0.05, 0) is 44.9 Å². The van der Waals surface area contributed by atoms with Crippen LogP contribution in [0.3, 0.4) is 0 Å². The fraction of sp³-hybridized carbons (Fsp3) is 0.450. The Morgan fingerprint density at radius 3 is 2.90 bits per heavy atom. The number of Topliss-reactive ketones (excluding diaryl/α,β-unsaturated/α-hetero) is 1. The van der Waals surface area contributed by atoms with Gasteiger partial charge in [-0.1, -0.05) is 0 Å². The van der Waals surface area contributed by atoms with Gasteiger partial charge in [-0.2, -0.15) is 10.1 Å². The van der Waals surface area contributed by atoms with E-state index in [1.54, 1.807) is 6.92 Å². The van der Waals surface area contributed by atoms with Gasteiger partial charge in [0.15, 0.2) is 11.6 Å². The summed E-state index contributed by atoms with van der Waals surface area (Å²) in [6.45, 7) is 2.49. The predicted octanol–water partition coefficient (Wildman–Crippen LogP) is 3.40. The maximum Gasteiger partial charge on any atom is 0.280 e. The number of halogens is 3. The van der Waals surface area contributed by atoms with E-state index in [4.69, 9.17) is 0 Å². The number of carbonyl (C=O) groups is 1. The van der Waals surface area contributed by atoms with Crippen LogP contribution in [0, 0.1) is 12.7 Å². The summed E-state index contributed by atoms with van der Waals surface area (Å²) in [5, 5.41) is 7.52. The van der Waals surface area contributed by atoms with E-state index < -0.39 is 12.2 Å². The molecule has 3 aromatic heterocycles. The molecule has 7 nitrogen and oxygen atoms in total. The van der Waals surface area contributed by atoms with Gasteiger partial charge in [0.2, 0.25) is 0 Å². The molecule has 10 heteroatoms. The van der Waals surface area contributed by atoms with Crippen LogP contribution in [0.1, 0.15) is 65.5 Å². The molecule has 0 amide bonds. The zero-order valence-corrected chi connectivity index (χ0v) is 16.4. The third-order valence-electron chi connectivity index (χ3n) is 5.46. The first-order chi connectivity index (χ1) is 14.4. The molecular weight excluding hydrogens is 397 g/mol. The summed E-state index contributed by atoms with van der Waals surface area (Å²) in [6, 6.07) is 2.75. The fourth-order valence-corrected chi connectivity index (χ4v) is 4.02. The van der Waals surface area contributed by atoms with Crippen LogP contribution in [0.15, 0.2) is 24.7 Å². The minimum atomic E-state index is -2.75. The summed E-state index contributed by atoms with van der Waals surface area (Å²) in [6.07, 6.45) is 1.74. The van der Waals surface area contributed by atoms with Gasteiger partial charge in [0, 0.05) is 24.1 Å². The topological polar surface area (TPSA) is 85.1 Å². The molecule has 1 aliphatic heterocycles. The van der Waals surface area contributed by atoms with Gasteiger partial charge in [0.1, 0.15) is 12.0 Å². The average molecular weight is 418 g/mol. The molecule has 30 heavy (non-hydrogen) atoms. The molecule has 1 fully saturated rings. The van der Waals surface area contributed by atoms with Crippen LogP contribution in [0.4, 0.5) is 13.2 Å². The van der Waals surface area contributed by atoms with Crippen LogP contribution in [0.5, 0.6) is 0 Å². The Kier molecular flexibility index (Phi) is 5.76. The summed E-state index contributed by atoms with van der Waals surface area (Å²) >= 11 is 0. The Hall–Kier alpha value is -2.88. The van der Waals surface area contributed by atoms with Crippen molar-refractivity contribution in [2.45, 2.75) is 51.0 Å². The van der Waals surface area contributed by atoms with Crippen molar-refractivity contribution < 1.29 is 18.0 Å². The van der Waals surface area contributed by atoms with Crippen molar-refractivity contribution in [1.29, 1.82) is 0 Å². The predicted molar refractivity (Wildman–Crippen MR) is 102 cm³/mol. The molecule has 2 atom stereocenters. The molecule has 1 saturated heterocycles. The van der Waals surface area contributed by atoms with Crippen LogP contribution in [-0.4, -0.2) is 42.9 Å². The number of carbonyl (C=O) groups excluding carboxylic acids is 1. The minimum absolute atomic E-state index is 0.00506. The molecule has 2 unspecified atom stereocenters. The third-order valence-corrected chi connectivity index (χ3v) is 5.46. The molecule has 158 valence electrons. The van der Waals surface area contributed by atoms with Gasteiger partial charge in [-0.25, -0.2) is 22.7 Å². The molecule has 4 rings (SSSR count). The highest BCUT2D eigenvalue weighted by atomic mass is 19.3. The number of alkyl halides is 2. The van der Waals surface area contributed by atoms with E-state index in [2.05, 4.69) is 25.4 Å². The highest BCUT2D eigenvalue weighted by Crippen LogP contribution is 2.32. The number of fused-ring (bicyclic) bond motifs is 1. The van der Waals surface area contributed by atoms with Crippen molar-refractivity contribution in [2.24, 2.45) is 0 Å². The van der Waals surface area contributed by atoms with Crippen LogP contribution in [-0.2, 0) is 0 Å². The maximum atomic E-state index is 14.1. The van der Waals surface area contributed by atoms with Crippen molar-refractivity contribution in [1.82, 2.24) is 29.9 Å². The summed E-state index contributed by atoms with van der Waals surface area (Å²) in [5.41, 5.74) is 0.685. The van der Waals surface area contributed by atoms with E-state index in [1.807, 2.05) is 0 Å². The molecule has 1 aliphatic rings. The second-order valence-electron chi connectivity index (χ2n) is 7.46. The lowest BCUT2D eigenvalue weighted by atomic mass is 9.88. The Labute approximate surface area is 170 Å². The molecular formula is C20H21F3N6O. The Morgan fingerprint density at radius 2 is 2.17 bits per heavy atom. The number of rotatable bonds is 7. The number of nitrogens with one attached hydrogen (secondary N) is 1. The van der Waals surface area contributed by atoms with Gasteiger partial charge >= 0.3 is 0 Å². The van der Waals surface area contributed by atoms with Crippen molar-refractivity contribution in [3.05, 3.63) is 53.1 Å². The van der Waals surface area contributed by atoms with Crippen molar-refractivity contribution in [3.8, 4) is 0 Å². The molecule has 0 aromatic carbocycles. The first kappa shape index (κ1) is 20.4. The van der Waals surface area contributed by atoms with E-state index in [0.717, 1.165) is 25.6 Å². The fourth-order valence-electron chi connectivity index (χ4n) is 4.02. The second-order valence-corrected chi connectivity index (χ2v) is 7.46. The van der Waals surface area contributed by atoms with Gasteiger partial charge in [0.25, 0.3) is 12.2 Å². The largest absolute Gasteiger partial charge is 0.313 e. The van der Waals surface area contributed by atoms with E-state index in [0.29, 0.717) is 17.8 Å². The summed E-state index contributed by atoms with van der Waals surface area (Å²) in [5.74, 6) is -1.21. The quantitative estimate of drug-likeness (QED) is 0.592. The van der Waals surface area contributed by atoms with Crippen LogP contribution < -0.4 is 5.32 Å². The molecule has 4 heterocycles. The number of pyridine rings is 1. The van der Waals surface area contributed by atoms with Crippen molar-refractivity contribution in [2.75, 3.05) is 6.54 Å². The SMILES string of the molecule is Cc1cc(C(=O)CCC(c2cc(C(F)F)nc3ncnn23)C2CCCN2)c(F)cn1. The van der Waals surface area contributed by atoms with E-state index in [1.165, 1.54) is 23.0 Å². The van der Waals surface area contributed by atoms with Crippen LogP contribution in [0.2, 0.25) is 0 Å². The van der Waals surface area contributed by atoms with Gasteiger partial charge < -0.3 is 5.32 Å². The molecule has 0 aliphatic carbocycles. The van der Waals surface area contributed by atoms with Crippen LogP contribution >= 0.6 is 0 Å². The smallest absolute Gasteiger partial charge is 0.280 e. The van der Waals surface area contributed by atoms with Gasteiger partial charge in [-0.3, -0.25) is 9.78 Å². The Morgan fingerprint density at radius 1 is 1.33 bits per heavy atom. The number of ketones is 1. The highest BCUT2D eigenvalue weighted by Gasteiger charge is 2.30. The lowest BCUT2D eigenvalue weighted by molar-refractivity contribution is 0.0971. The molecule has 0 saturated carbocycles. The van der Waals surface area contributed by atoms with Crippen molar-refractivity contribution >= 4 is 11.6 Å². The lowest BCUT2D eigenvalue weighted by Crippen LogP contribution is -2.31. The normalized spacial score (nSPS) is 17.7. The molecule has 0 spiro atoms. The van der Waals surface area contributed by atoms with Gasteiger partial charge in [-0.15, -0.1) is 0 Å². The summed E-state index contributed by atoms with van der Waals surface area (Å²) in [4.78, 5) is 24.4. The first-order valence-corrected chi connectivity index (χ1v) is 9.81. The van der Waals surface area contributed by atoms with E-state index in [-0.39, 0.29) is 41.2 Å². The molecule has 3 aromatic rings. The third kappa shape index (κ3) is 4.04. The molecule has 0 bridgehead atoms. The highest BCUT2D eigenvalue weighted by molar-refractivity contribution is 5.96. The maximum absolute atomic E-state index is 14.1. The number of aromatic nitrogens is 5. The van der Waals surface area contributed by atoms with E-state index >= 15 is 0 Å². The molecule has 1 N–H and O–H groups in total. The number of hydrogen-bond donors (Lipinski definition) is 1. The second kappa shape index (κ2) is 8.47. The standard InChI is InChI=1S/C20H21F3N6O/c1-11-7-13(14(21)9-25-11)18(30)5-4-12(15-3-2-6-24-15)17-8-16(19(22)23)28-20-26-10-27-29(17)20/h7-10,12,15,19,24H,2-6H2,1H3. The lowest BCUT2D eigenvalue weighted by Gasteiger charge is -2.25. The Balaban J connectivity index is 1.66. The van der Waals surface area contributed by atoms with E-state index in [9.17, 15) is 18.0 Å². The minimum Gasteiger partial charge on any atom is -0.313 e. The molecule has 0 radical (unpaired) electrons. The summed E-state index contributed by atoms with van der Waals surface area (Å²) < 4.78 is 42.3. The number of nitrogens with zero attached hydrogens (tertiary/aromatic N) is 5. The van der Waals surface area contributed by atoms with Gasteiger partial charge in [0.05, 0.1) is 17.5 Å². The zero-order valence-electron chi connectivity index (χ0n) is 16.4.